The number of anilines is 1. The molecule has 0 spiro atoms. The number of pyridine rings is 1. The van der Waals surface area contributed by atoms with E-state index in [-0.39, 0.29) is 46.0 Å². The van der Waals surface area contributed by atoms with Crippen LogP contribution in [0.15, 0.2) is 27.4 Å². The SMILES string of the molecule is CCOC(=O)c1cc2c(=O)c3cc(C(C)C)c(F)cc3oc2nc1N. The first-order valence-electron chi connectivity index (χ1n) is 7.87. The molecule has 7 heteroatoms. The molecule has 2 aromatic heterocycles. The fourth-order valence-corrected chi connectivity index (χ4v) is 2.65. The second kappa shape index (κ2) is 6.16. The van der Waals surface area contributed by atoms with Crippen LogP contribution < -0.4 is 11.2 Å². The molecule has 0 atom stereocenters. The summed E-state index contributed by atoms with van der Waals surface area (Å²) in [5.41, 5.74) is 5.78. The van der Waals surface area contributed by atoms with Crippen LogP contribution in [0.5, 0.6) is 0 Å². The third kappa shape index (κ3) is 2.82. The van der Waals surface area contributed by atoms with Gasteiger partial charge in [0.2, 0.25) is 11.1 Å². The summed E-state index contributed by atoms with van der Waals surface area (Å²) in [6.07, 6.45) is 0. The van der Waals surface area contributed by atoms with E-state index in [1.54, 1.807) is 6.92 Å². The number of nitrogens with zero attached hydrogens (tertiary/aromatic N) is 1. The number of carbonyl (C=O) groups is 1. The molecule has 0 fully saturated rings. The Morgan fingerprint density at radius 2 is 2.04 bits per heavy atom. The van der Waals surface area contributed by atoms with Crippen LogP contribution in [-0.4, -0.2) is 17.6 Å². The molecule has 1 aromatic carbocycles. The lowest BCUT2D eigenvalue weighted by Gasteiger charge is -2.10. The van der Waals surface area contributed by atoms with Crippen LogP contribution >= 0.6 is 0 Å². The van der Waals surface area contributed by atoms with Crippen molar-refractivity contribution in [2.24, 2.45) is 0 Å². The van der Waals surface area contributed by atoms with E-state index in [2.05, 4.69) is 4.98 Å². The molecule has 0 aliphatic carbocycles. The van der Waals surface area contributed by atoms with Crippen molar-refractivity contribution in [2.75, 3.05) is 12.3 Å². The first-order chi connectivity index (χ1) is 11.8. The van der Waals surface area contributed by atoms with Crippen LogP contribution in [0.2, 0.25) is 0 Å². The van der Waals surface area contributed by atoms with Crippen LogP contribution in [-0.2, 0) is 4.74 Å². The molecule has 0 unspecified atom stereocenters. The number of benzene rings is 1. The second-order valence-corrected chi connectivity index (χ2v) is 5.95. The number of rotatable bonds is 3. The summed E-state index contributed by atoms with van der Waals surface area (Å²) in [6.45, 7) is 5.48. The summed E-state index contributed by atoms with van der Waals surface area (Å²) < 4.78 is 24.6. The molecule has 0 aliphatic heterocycles. The summed E-state index contributed by atoms with van der Waals surface area (Å²) in [7, 11) is 0. The zero-order valence-corrected chi connectivity index (χ0v) is 14.1. The molecular formula is C18H17FN2O4. The highest BCUT2D eigenvalue weighted by Crippen LogP contribution is 2.26. The molecule has 0 aliphatic rings. The van der Waals surface area contributed by atoms with E-state index < -0.39 is 17.2 Å². The van der Waals surface area contributed by atoms with Gasteiger partial charge in [0.25, 0.3) is 0 Å². The van der Waals surface area contributed by atoms with E-state index in [1.165, 1.54) is 18.2 Å². The van der Waals surface area contributed by atoms with E-state index in [0.29, 0.717) is 5.56 Å². The van der Waals surface area contributed by atoms with Gasteiger partial charge in [0.1, 0.15) is 22.8 Å². The number of hydrogen-bond donors (Lipinski definition) is 1. The Morgan fingerprint density at radius 1 is 1.32 bits per heavy atom. The van der Waals surface area contributed by atoms with Gasteiger partial charge < -0.3 is 14.9 Å². The van der Waals surface area contributed by atoms with Crippen LogP contribution in [0.1, 0.15) is 42.6 Å². The van der Waals surface area contributed by atoms with Crippen molar-refractivity contribution in [1.82, 2.24) is 4.98 Å². The van der Waals surface area contributed by atoms with Crippen molar-refractivity contribution in [3.8, 4) is 0 Å². The summed E-state index contributed by atoms with van der Waals surface area (Å²) in [6, 6.07) is 3.95. The number of nitrogens with two attached hydrogens (primary N) is 1. The van der Waals surface area contributed by atoms with E-state index in [0.717, 1.165) is 0 Å². The highest BCUT2D eigenvalue weighted by molar-refractivity contribution is 5.99. The Balaban J connectivity index is 2.35. The minimum absolute atomic E-state index is 0.00723. The van der Waals surface area contributed by atoms with Crippen molar-refractivity contribution in [3.05, 3.63) is 45.4 Å². The zero-order valence-electron chi connectivity index (χ0n) is 14.1. The lowest BCUT2D eigenvalue weighted by molar-refractivity contribution is 0.0527. The van der Waals surface area contributed by atoms with E-state index in [1.807, 2.05) is 13.8 Å². The molecule has 2 N–H and O–H groups in total. The van der Waals surface area contributed by atoms with Crippen molar-refractivity contribution < 1.29 is 18.3 Å². The average Bonchev–Trinajstić information content (AvgIpc) is 2.53. The topological polar surface area (TPSA) is 95.4 Å². The average molecular weight is 344 g/mol. The minimum Gasteiger partial charge on any atom is -0.462 e. The maximum Gasteiger partial charge on any atom is 0.341 e. The first-order valence-corrected chi connectivity index (χ1v) is 7.87. The van der Waals surface area contributed by atoms with Crippen molar-refractivity contribution >= 4 is 33.9 Å². The Hall–Kier alpha value is -2.96. The minimum atomic E-state index is -0.670. The Morgan fingerprint density at radius 3 is 2.68 bits per heavy atom. The maximum atomic E-state index is 14.2. The van der Waals surface area contributed by atoms with Crippen LogP contribution in [0.3, 0.4) is 0 Å². The fourth-order valence-electron chi connectivity index (χ4n) is 2.65. The van der Waals surface area contributed by atoms with E-state index >= 15 is 0 Å². The highest BCUT2D eigenvalue weighted by atomic mass is 19.1. The number of nitrogen functional groups attached to an aromatic ring is 1. The molecule has 25 heavy (non-hydrogen) atoms. The fraction of sp³-hybridized carbons (Fsp3) is 0.278. The molecule has 0 radical (unpaired) electrons. The van der Waals surface area contributed by atoms with Crippen LogP contribution in [0.25, 0.3) is 22.1 Å². The zero-order chi connectivity index (χ0) is 18.3. The first kappa shape index (κ1) is 16.9. The van der Waals surface area contributed by atoms with Gasteiger partial charge in [-0.15, -0.1) is 0 Å². The second-order valence-electron chi connectivity index (χ2n) is 5.95. The number of fused-ring (bicyclic) bond motifs is 2. The predicted octanol–water partition coefficient (Wildman–Crippen LogP) is 3.36. The molecule has 130 valence electrons. The van der Waals surface area contributed by atoms with E-state index in [9.17, 15) is 14.0 Å². The van der Waals surface area contributed by atoms with Crippen molar-refractivity contribution in [3.63, 3.8) is 0 Å². The van der Waals surface area contributed by atoms with Crippen molar-refractivity contribution in [2.45, 2.75) is 26.7 Å². The number of carbonyl (C=O) groups excluding carboxylic acids is 1. The number of ether oxygens (including phenoxy) is 1. The number of esters is 1. The molecule has 3 rings (SSSR count). The third-order valence-corrected chi connectivity index (χ3v) is 3.93. The lowest BCUT2D eigenvalue weighted by atomic mass is 10.00. The Kier molecular flexibility index (Phi) is 4.16. The Labute approximate surface area is 142 Å². The van der Waals surface area contributed by atoms with Gasteiger partial charge >= 0.3 is 5.97 Å². The lowest BCUT2D eigenvalue weighted by Crippen LogP contribution is -2.12. The van der Waals surface area contributed by atoms with E-state index in [4.69, 9.17) is 14.9 Å². The highest BCUT2D eigenvalue weighted by Gasteiger charge is 2.19. The van der Waals surface area contributed by atoms with Gasteiger partial charge in [0.15, 0.2) is 0 Å². The maximum absolute atomic E-state index is 14.2. The molecule has 3 aromatic rings. The summed E-state index contributed by atoms with van der Waals surface area (Å²) in [5.74, 6) is -1.34. The summed E-state index contributed by atoms with van der Waals surface area (Å²) in [4.78, 5) is 28.7. The smallest absolute Gasteiger partial charge is 0.341 e. The normalized spacial score (nSPS) is 11.4. The summed E-state index contributed by atoms with van der Waals surface area (Å²) >= 11 is 0. The summed E-state index contributed by atoms with van der Waals surface area (Å²) in [5, 5.41) is 0.310. The largest absolute Gasteiger partial charge is 0.462 e. The standard InChI is InChI=1S/C18H17FN2O4/c1-4-24-18(23)12-6-11-15(22)10-5-9(8(2)3)13(19)7-14(10)25-17(11)21-16(12)20/h5-8H,4H2,1-3H3,(H2,20,21). The van der Waals surface area contributed by atoms with Gasteiger partial charge in [-0.3, -0.25) is 4.79 Å². The van der Waals surface area contributed by atoms with Crippen molar-refractivity contribution in [1.29, 1.82) is 0 Å². The predicted molar refractivity (Wildman–Crippen MR) is 92.2 cm³/mol. The Bertz CT molecular complexity index is 1060. The quantitative estimate of drug-likeness (QED) is 0.578. The van der Waals surface area contributed by atoms with Gasteiger partial charge in [-0.2, -0.15) is 4.98 Å². The number of halogens is 1. The van der Waals surface area contributed by atoms with Gasteiger partial charge in [-0.05, 0) is 30.5 Å². The monoisotopic (exact) mass is 344 g/mol. The number of aromatic nitrogens is 1. The molecule has 0 saturated heterocycles. The van der Waals surface area contributed by atoms with Gasteiger partial charge in [-0.1, -0.05) is 13.8 Å². The molecular weight excluding hydrogens is 327 g/mol. The van der Waals surface area contributed by atoms with Gasteiger partial charge in [0.05, 0.1) is 17.4 Å². The third-order valence-electron chi connectivity index (χ3n) is 3.93. The molecule has 6 nitrogen and oxygen atoms in total. The van der Waals surface area contributed by atoms with Gasteiger partial charge in [-0.25, -0.2) is 9.18 Å². The van der Waals surface area contributed by atoms with Crippen LogP contribution in [0, 0.1) is 5.82 Å². The molecule has 0 saturated carbocycles. The number of hydrogen-bond acceptors (Lipinski definition) is 6. The van der Waals surface area contributed by atoms with Gasteiger partial charge in [0, 0.05) is 6.07 Å². The van der Waals surface area contributed by atoms with Crippen LogP contribution in [0.4, 0.5) is 10.2 Å². The molecule has 2 heterocycles. The molecule has 0 bridgehead atoms. The molecule has 0 amide bonds.